The van der Waals surface area contributed by atoms with E-state index < -0.39 is 11.1 Å². The van der Waals surface area contributed by atoms with Gasteiger partial charge in [0, 0.05) is 37.9 Å². The van der Waals surface area contributed by atoms with Gasteiger partial charge in [-0.3, -0.25) is 4.90 Å². The Bertz CT molecular complexity index is 1090. The molecule has 1 spiro atoms. The van der Waals surface area contributed by atoms with E-state index in [9.17, 15) is 4.79 Å². The number of aryl methyl sites for hydroxylation is 1. The maximum atomic E-state index is 13.3. The predicted molar refractivity (Wildman–Crippen MR) is 131 cm³/mol. The van der Waals surface area contributed by atoms with E-state index in [1.165, 1.54) is 5.56 Å². The van der Waals surface area contributed by atoms with Crippen molar-refractivity contribution in [2.24, 2.45) is 0 Å². The Morgan fingerprint density at radius 1 is 1.03 bits per heavy atom. The number of thiazole rings is 1. The molecule has 6 heteroatoms. The van der Waals surface area contributed by atoms with Gasteiger partial charge in [0.1, 0.15) is 11.1 Å². The largest absolute Gasteiger partial charge is 0.440 e. The Balaban J connectivity index is 1.38. The van der Waals surface area contributed by atoms with Crippen LogP contribution in [0.1, 0.15) is 41.6 Å². The van der Waals surface area contributed by atoms with Gasteiger partial charge in [0.05, 0.1) is 17.2 Å². The van der Waals surface area contributed by atoms with E-state index in [-0.39, 0.29) is 6.09 Å². The highest BCUT2D eigenvalue weighted by molar-refractivity contribution is 7.09. The fourth-order valence-electron chi connectivity index (χ4n) is 5.46. The van der Waals surface area contributed by atoms with E-state index in [2.05, 4.69) is 71.4 Å². The second-order valence-corrected chi connectivity index (χ2v) is 10.4. The third-order valence-corrected chi connectivity index (χ3v) is 8.30. The minimum atomic E-state index is -0.547. The van der Waals surface area contributed by atoms with Crippen LogP contribution in [0.5, 0.6) is 0 Å². The molecule has 2 aromatic carbocycles. The molecule has 1 unspecified atom stereocenters. The standard InChI is InChI=1S/C27H31N3O2S/c1-21-28-24(20-33-21)19-30-25(31)32-27(26(30,2)23-11-7-4-8-12-23)14-17-29(18-15-27)16-13-22-9-5-3-6-10-22/h3-12,20H,13-19H2,1-2H3. The number of amides is 1. The summed E-state index contributed by atoms with van der Waals surface area (Å²) >= 11 is 1.62. The molecule has 1 aromatic heterocycles. The van der Waals surface area contributed by atoms with Crippen molar-refractivity contribution in [3.8, 4) is 0 Å². The van der Waals surface area contributed by atoms with Gasteiger partial charge in [-0.25, -0.2) is 9.78 Å². The summed E-state index contributed by atoms with van der Waals surface area (Å²) in [6, 6.07) is 21.0. The molecule has 3 aromatic rings. The third-order valence-electron chi connectivity index (χ3n) is 7.48. The van der Waals surface area contributed by atoms with Gasteiger partial charge < -0.3 is 9.64 Å². The van der Waals surface area contributed by atoms with E-state index in [1.807, 2.05) is 23.3 Å². The van der Waals surface area contributed by atoms with Crippen molar-refractivity contribution < 1.29 is 9.53 Å². The molecule has 0 radical (unpaired) electrons. The number of hydrogen-bond acceptors (Lipinski definition) is 5. The smallest absolute Gasteiger partial charge is 0.411 e. The zero-order valence-electron chi connectivity index (χ0n) is 19.4. The Morgan fingerprint density at radius 3 is 2.33 bits per heavy atom. The Hall–Kier alpha value is -2.70. The van der Waals surface area contributed by atoms with Crippen molar-refractivity contribution in [1.82, 2.24) is 14.8 Å². The summed E-state index contributed by atoms with van der Waals surface area (Å²) in [6.07, 6.45) is 2.46. The monoisotopic (exact) mass is 461 g/mol. The molecule has 2 saturated heterocycles. The Kier molecular flexibility index (Phi) is 5.97. The highest BCUT2D eigenvalue weighted by Crippen LogP contribution is 2.52. The molecule has 0 aliphatic carbocycles. The zero-order valence-corrected chi connectivity index (χ0v) is 20.2. The van der Waals surface area contributed by atoms with Crippen LogP contribution in [0.25, 0.3) is 0 Å². The van der Waals surface area contributed by atoms with E-state index in [1.54, 1.807) is 11.3 Å². The van der Waals surface area contributed by atoms with Crippen LogP contribution >= 0.6 is 11.3 Å². The zero-order chi connectivity index (χ0) is 22.9. The number of benzene rings is 2. The van der Waals surface area contributed by atoms with E-state index in [0.717, 1.165) is 55.2 Å². The maximum Gasteiger partial charge on any atom is 0.411 e. The van der Waals surface area contributed by atoms with E-state index >= 15 is 0 Å². The van der Waals surface area contributed by atoms with Crippen molar-refractivity contribution in [3.63, 3.8) is 0 Å². The summed E-state index contributed by atoms with van der Waals surface area (Å²) in [7, 11) is 0. The lowest BCUT2D eigenvalue weighted by atomic mass is 9.70. The van der Waals surface area contributed by atoms with Crippen LogP contribution in [-0.4, -0.2) is 46.1 Å². The Labute approximate surface area is 200 Å². The van der Waals surface area contributed by atoms with Crippen molar-refractivity contribution in [3.05, 3.63) is 87.9 Å². The van der Waals surface area contributed by atoms with Crippen molar-refractivity contribution >= 4 is 17.4 Å². The molecular formula is C27H31N3O2S. The van der Waals surface area contributed by atoms with E-state index in [0.29, 0.717) is 6.54 Å². The van der Waals surface area contributed by atoms with Crippen LogP contribution in [0.2, 0.25) is 0 Å². The molecule has 33 heavy (non-hydrogen) atoms. The summed E-state index contributed by atoms with van der Waals surface area (Å²) in [6.45, 7) is 7.52. The van der Waals surface area contributed by atoms with Crippen molar-refractivity contribution in [2.75, 3.05) is 19.6 Å². The number of likely N-dealkylation sites (tertiary alicyclic amines) is 1. The number of carbonyl (C=O) groups is 1. The first-order chi connectivity index (χ1) is 16.0. The lowest BCUT2D eigenvalue weighted by Crippen LogP contribution is -2.58. The Morgan fingerprint density at radius 2 is 1.70 bits per heavy atom. The van der Waals surface area contributed by atoms with Crippen LogP contribution < -0.4 is 0 Å². The number of nitrogens with zero attached hydrogens (tertiary/aromatic N) is 3. The van der Waals surface area contributed by atoms with Gasteiger partial charge in [0.2, 0.25) is 0 Å². The molecule has 172 valence electrons. The first-order valence-electron chi connectivity index (χ1n) is 11.7. The SMILES string of the molecule is Cc1nc(CN2C(=O)OC3(CCN(CCc4ccccc4)CC3)C2(C)c2ccccc2)cs1. The third kappa shape index (κ3) is 4.06. The molecule has 1 amide bonds. The van der Waals surface area contributed by atoms with Gasteiger partial charge in [0.15, 0.2) is 0 Å². The molecule has 5 nitrogen and oxygen atoms in total. The second kappa shape index (κ2) is 8.92. The van der Waals surface area contributed by atoms with Crippen LogP contribution in [-0.2, 0) is 23.2 Å². The van der Waals surface area contributed by atoms with Crippen LogP contribution in [0.3, 0.4) is 0 Å². The van der Waals surface area contributed by atoms with Crippen LogP contribution in [0.4, 0.5) is 4.79 Å². The molecule has 0 saturated carbocycles. The molecule has 2 aliphatic heterocycles. The van der Waals surface area contributed by atoms with Gasteiger partial charge in [-0.15, -0.1) is 11.3 Å². The highest BCUT2D eigenvalue weighted by Gasteiger charge is 2.63. The van der Waals surface area contributed by atoms with Gasteiger partial charge in [-0.05, 0) is 31.4 Å². The highest BCUT2D eigenvalue weighted by atomic mass is 32.1. The van der Waals surface area contributed by atoms with Gasteiger partial charge in [-0.1, -0.05) is 60.7 Å². The van der Waals surface area contributed by atoms with Crippen LogP contribution in [0.15, 0.2) is 66.0 Å². The summed E-state index contributed by atoms with van der Waals surface area (Å²) in [5.74, 6) is 0. The number of carbonyl (C=O) groups excluding carboxylic acids is 1. The lowest BCUT2D eigenvalue weighted by molar-refractivity contribution is -0.0599. The van der Waals surface area contributed by atoms with Crippen molar-refractivity contribution in [1.29, 1.82) is 0 Å². The first kappa shape index (κ1) is 22.1. The average molecular weight is 462 g/mol. The van der Waals surface area contributed by atoms with Crippen molar-refractivity contribution in [2.45, 2.75) is 50.8 Å². The molecular weight excluding hydrogens is 430 g/mol. The molecule has 2 aliphatic rings. The van der Waals surface area contributed by atoms with Crippen LogP contribution in [0, 0.1) is 6.92 Å². The lowest BCUT2D eigenvalue weighted by Gasteiger charge is -2.48. The topological polar surface area (TPSA) is 45.7 Å². The first-order valence-corrected chi connectivity index (χ1v) is 12.6. The number of aromatic nitrogens is 1. The quantitative estimate of drug-likeness (QED) is 0.493. The summed E-state index contributed by atoms with van der Waals surface area (Å²) in [5.41, 5.74) is 2.33. The number of hydrogen-bond donors (Lipinski definition) is 0. The summed E-state index contributed by atoms with van der Waals surface area (Å²) in [4.78, 5) is 22.4. The number of ether oxygens (including phenoxy) is 1. The predicted octanol–water partition coefficient (Wildman–Crippen LogP) is 5.40. The maximum absolute atomic E-state index is 13.3. The minimum absolute atomic E-state index is 0.232. The molecule has 5 rings (SSSR count). The fraction of sp³-hybridized carbons (Fsp3) is 0.407. The van der Waals surface area contributed by atoms with Gasteiger partial charge >= 0.3 is 6.09 Å². The summed E-state index contributed by atoms with van der Waals surface area (Å²) in [5, 5.41) is 3.06. The van der Waals surface area contributed by atoms with Gasteiger partial charge in [-0.2, -0.15) is 0 Å². The fourth-order valence-corrected chi connectivity index (χ4v) is 6.06. The van der Waals surface area contributed by atoms with Gasteiger partial charge in [0.25, 0.3) is 0 Å². The molecule has 1 atom stereocenters. The summed E-state index contributed by atoms with van der Waals surface area (Å²) < 4.78 is 6.30. The second-order valence-electron chi connectivity index (χ2n) is 9.32. The van der Waals surface area contributed by atoms with E-state index in [4.69, 9.17) is 4.74 Å². The average Bonchev–Trinajstić information content (AvgIpc) is 3.35. The molecule has 3 heterocycles. The number of rotatable bonds is 6. The number of piperidine rings is 1. The molecule has 0 bridgehead atoms. The minimum Gasteiger partial charge on any atom is -0.440 e. The normalized spacial score (nSPS) is 22.6. The molecule has 0 N–H and O–H groups in total. The molecule has 2 fully saturated rings.